The number of rotatable bonds is 5. The highest BCUT2D eigenvalue weighted by atomic mass is 16.4. The smallest absolute Gasteiger partial charge is 0.326 e. The standard InChI is InChI=1S/C12H16N2O4.H2O/c1-7(13)11(16)14-10(12(17)18)6-8-2-4-9(15)5-3-8;/h2-5,7,10,15H,6,13H2,1H3,(H,14,16)(H,17,18);1H2/t7-,10-;/m0./s1. The van der Waals surface area contributed by atoms with Crippen molar-refractivity contribution >= 4 is 11.9 Å². The molecule has 0 heterocycles. The quantitative estimate of drug-likeness (QED) is 0.544. The van der Waals surface area contributed by atoms with Gasteiger partial charge in [-0.1, -0.05) is 12.1 Å². The molecule has 7 heteroatoms. The lowest BCUT2D eigenvalue weighted by Gasteiger charge is -2.16. The lowest BCUT2D eigenvalue weighted by molar-refractivity contribution is -0.141. The molecule has 7 N–H and O–H groups in total. The summed E-state index contributed by atoms with van der Waals surface area (Å²) in [7, 11) is 0. The molecule has 1 amide bonds. The molecule has 0 aliphatic heterocycles. The fourth-order valence-corrected chi connectivity index (χ4v) is 1.37. The number of nitrogens with one attached hydrogen (secondary N) is 1. The van der Waals surface area contributed by atoms with Crippen LogP contribution in [-0.2, 0) is 16.0 Å². The summed E-state index contributed by atoms with van der Waals surface area (Å²) >= 11 is 0. The van der Waals surface area contributed by atoms with Crippen LogP contribution in [0.4, 0.5) is 0 Å². The molecule has 2 atom stereocenters. The maximum atomic E-state index is 11.4. The third-order valence-electron chi connectivity index (χ3n) is 2.40. The van der Waals surface area contributed by atoms with E-state index in [0.717, 1.165) is 0 Å². The summed E-state index contributed by atoms with van der Waals surface area (Å²) in [6, 6.07) is 4.33. The molecule has 0 saturated heterocycles. The molecule has 0 fully saturated rings. The van der Waals surface area contributed by atoms with Crippen LogP contribution < -0.4 is 11.1 Å². The van der Waals surface area contributed by atoms with Crippen molar-refractivity contribution in [3.05, 3.63) is 29.8 Å². The molecule has 1 rings (SSSR count). The molecule has 1 aromatic rings. The second kappa shape index (κ2) is 7.34. The number of phenolic OH excluding ortho intramolecular Hbond substituents is 1. The van der Waals surface area contributed by atoms with Crippen LogP contribution in [0.3, 0.4) is 0 Å². The summed E-state index contributed by atoms with van der Waals surface area (Å²) < 4.78 is 0. The van der Waals surface area contributed by atoms with Gasteiger partial charge in [-0.15, -0.1) is 0 Å². The number of carboxylic acid groups (broad SMARTS) is 1. The Hall–Kier alpha value is -2.12. The molecule has 0 saturated carbocycles. The lowest BCUT2D eigenvalue weighted by Crippen LogP contribution is -2.48. The second-order valence-corrected chi connectivity index (χ2v) is 4.06. The average molecular weight is 270 g/mol. The van der Waals surface area contributed by atoms with Gasteiger partial charge in [0, 0.05) is 6.42 Å². The van der Waals surface area contributed by atoms with Crippen LogP contribution in [-0.4, -0.2) is 39.6 Å². The number of hydrogen-bond donors (Lipinski definition) is 4. The summed E-state index contributed by atoms with van der Waals surface area (Å²) in [5.41, 5.74) is 6.06. The molecular weight excluding hydrogens is 252 g/mol. The number of carbonyl (C=O) groups excluding carboxylic acids is 1. The number of benzene rings is 1. The van der Waals surface area contributed by atoms with Gasteiger partial charge in [-0.3, -0.25) is 4.79 Å². The first-order valence-corrected chi connectivity index (χ1v) is 5.47. The summed E-state index contributed by atoms with van der Waals surface area (Å²) in [6.07, 6.45) is 0.133. The predicted octanol–water partition coefficient (Wildman–Crippen LogP) is -0.973. The average Bonchev–Trinajstić information content (AvgIpc) is 2.30. The fourth-order valence-electron chi connectivity index (χ4n) is 1.37. The van der Waals surface area contributed by atoms with Crippen molar-refractivity contribution in [2.45, 2.75) is 25.4 Å². The van der Waals surface area contributed by atoms with Gasteiger partial charge in [-0.25, -0.2) is 4.79 Å². The van der Waals surface area contributed by atoms with Gasteiger partial charge in [-0.2, -0.15) is 0 Å². The van der Waals surface area contributed by atoms with E-state index >= 15 is 0 Å². The van der Waals surface area contributed by atoms with Gasteiger partial charge in [0.2, 0.25) is 5.91 Å². The minimum absolute atomic E-state index is 0. The highest BCUT2D eigenvalue weighted by molar-refractivity contribution is 5.86. The molecular formula is C12H18N2O5. The third kappa shape index (κ3) is 5.36. The number of carbonyl (C=O) groups is 2. The van der Waals surface area contributed by atoms with Crippen molar-refractivity contribution in [2.24, 2.45) is 5.73 Å². The third-order valence-corrected chi connectivity index (χ3v) is 2.40. The minimum atomic E-state index is -1.13. The van der Waals surface area contributed by atoms with E-state index in [1.54, 1.807) is 12.1 Å². The highest BCUT2D eigenvalue weighted by Crippen LogP contribution is 2.11. The predicted molar refractivity (Wildman–Crippen MR) is 68.6 cm³/mol. The Labute approximate surface area is 110 Å². The Morgan fingerprint density at radius 2 is 1.84 bits per heavy atom. The fraction of sp³-hybridized carbons (Fsp3) is 0.333. The number of aromatic hydroxyl groups is 1. The largest absolute Gasteiger partial charge is 0.508 e. The molecule has 0 aliphatic rings. The topological polar surface area (TPSA) is 144 Å². The number of carboxylic acids is 1. The van der Waals surface area contributed by atoms with Gasteiger partial charge in [0.15, 0.2) is 0 Å². The monoisotopic (exact) mass is 270 g/mol. The van der Waals surface area contributed by atoms with Gasteiger partial charge in [0.1, 0.15) is 11.8 Å². The molecule has 1 aromatic carbocycles. The van der Waals surface area contributed by atoms with Crippen LogP contribution in [0.2, 0.25) is 0 Å². The first-order valence-electron chi connectivity index (χ1n) is 5.47. The first kappa shape index (κ1) is 16.9. The number of hydrogen-bond acceptors (Lipinski definition) is 4. The van der Waals surface area contributed by atoms with E-state index in [4.69, 9.17) is 15.9 Å². The van der Waals surface area contributed by atoms with E-state index in [1.807, 2.05) is 0 Å². The Morgan fingerprint density at radius 3 is 2.26 bits per heavy atom. The van der Waals surface area contributed by atoms with Crippen molar-refractivity contribution in [1.82, 2.24) is 5.32 Å². The maximum Gasteiger partial charge on any atom is 0.326 e. The van der Waals surface area contributed by atoms with Crippen LogP contribution in [0.1, 0.15) is 12.5 Å². The Bertz CT molecular complexity index is 430. The van der Waals surface area contributed by atoms with Crippen LogP contribution in [0.25, 0.3) is 0 Å². The zero-order valence-corrected chi connectivity index (χ0v) is 10.5. The van der Waals surface area contributed by atoms with Gasteiger partial charge in [0.25, 0.3) is 0 Å². The van der Waals surface area contributed by atoms with Crippen molar-refractivity contribution < 1.29 is 25.3 Å². The van der Waals surface area contributed by atoms with Crippen molar-refractivity contribution in [3.8, 4) is 5.75 Å². The first-order chi connectivity index (χ1) is 8.40. The van der Waals surface area contributed by atoms with E-state index < -0.39 is 24.0 Å². The van der Waals surface area contributed by atoms with Crippen molar-refractivity contribution in [1.29, 1.82) is 0 Å². The van der Waals surface area contributed by atoms with Gasteiger partial charge >= 0.3 is 5.97 Å². The molecule has 0 spiro atoms. The molecule has 7 nitrogen and oxygen atoms in total. The number of aliphatic carboxylic acids is 1. The highest BCUT2D eigenvalue weighted by Gasteiger charge is 2.21. The number of amides is 1. The molecule has 106 valence electrons. The van der Waals surface area contributed by atoms with E-state index in [1.165, 1.54) is 19.1 Å². The molecule has 0 aromatic heterocycles. The molecule has 0 unspecified atom stereocenters. The van der Waals surface area contributed by atoms with Gasteiger partial charge in [0.05, 0.1) is 6.04 Å². The van der Waals surface area contributed by atoms with Crippen LogP contribution in [0.5, 0.6) is 5.75 Å². The summed E-state index contributed by atoms with van der Waals surface area (Å²) in [5.74, 6) is -1.54. The molecule has 0 bridgehead atoms. The van der Waals surface area contributed by atoms with E-state index in [-0.39, 0.29) is 17.6 Å². The minimum Gasteiger partial charge on any atom is -0.508 e. The lowest BCUT2D eigenvalue weighted by atomic mass is 10.1. The Morgan fingerprint density at radius 1 is 1.32 bits per heavy atom. The number of nitrogens with two attached hydrogens (primary N) is 1. The summed E-state index contributed by atoms with van der Waals surface area (Å²) in [4.78, 5) is 22.4. The van der Waals surface area contributed by atoms with Crippen molar-refractivity contribution in [2.75, 3.05) is 0 Å². The zero-order chi connectivity index (χ0) is 13.7. The van der Waals surface area contributed by atoms with E-state index in [0.29, 0.717) is 5.56 Å². The van der Waals surface area contributed by atoms with Crippen LogP contribution in [0, 0.1) is 0 Å². The molecule has 19 heavy (non-hydrogen) atoms. The van der Waals surface area contributed by atoms with Gasteiger partial charge < -0.3 is 26.7 Å². The zero-order valence-electron chi connectivity index (χ0n) is 10.5. The SMILES string of the molecule is C[C@H](N)C(=O)N[C@@H](Cc1ccc(O)cc1)C(=O)O.O. The van der Waals surface area contributed by atoms with Gasteiger partial charge in [-0.05, 0) is 24.6 Å². The number of phenols is 1. The van der Waals surface area contributed by atoms with E-state index in [2.05, 4.69) is 5.32 Å². The maximum absolute atomic E-state index is 11.4. The normalized spacial score (nSPS) is 12.9. The second-order valence-electron chi connectivity index (χ2n) is 4.06. The molecule has 0 aliphatic carbocycles. The van der Waals surface area contributed by atoms with Crippen LogP contribution >= 0.6 is 0 Å². The Kier molecular flexibility index (Phi) is 6.53. The summed E-state index contributed by atoms with van der Waals surface area (Å²) in [6.45, 7) is 1.48. The van der Waals surface area contributed by atoms with Crippen molar-refractivity contribution in [3.63, 3.8) is 0 Å². The van der Waals surface area contributed by atoms with Crippen LogP contribution in [0.15, 0.2) is 24.3 Å². The summed E-state index contributed by atoms with van der Waals surface area (Å²) in [5, 5.41) is 20.5. The molecule has 0 radical (unpaired) electrons. The Balaban J connectivity index is 0.00000324. The van der Waals surface area contributed by atoms with E-state index in [9.17, 15) is 9.59 Å².